The first-order valence-corrected chi connectivity index (χ1v) is 5.98. The number of nitrogens with zero attached hydrogens (tertiary/aromatic N) is 1. The average molecular weight is 267 g/mol. The van der Waals surface area contributed by atoms with E-state index >= 15 is 0 Å². The molecule has 5 heteroatoms. The smallest absolute Gasteiger partial charge is 0.142 e. The maximum atomic E-state index is 13.4. The van der Waals surface area contributed by atoms with Gasteiger partial charge in [0.05, 0.1) is 10.7 Å². The van der Waals surface area contributed by atoms with Crippen LogP contribution < -0.4 is 5.73 Å². The molecule has 0 saturated carbocycles. The predicted octanol–water partition coefficient (Wildman–Crippen LogP) is 3.97. The molecule has 2 nitrogen and oxygen atoms in total. The Morgan fingerprint density at radius 3 is 2.71 bits per heavy atom. The first kappa shape index (κ1) is 11.9. The van der Waals surface area contributed by atoms with E-state index in [-0.39, 0.29) is 5.02 Å². The van der Waals surface area contributed by atoms with Crippen LogP contribution in [-0.2, 0) is 0 Å². The molecule has 1 aromatic carbocycles. The van der Waals surface area contributed by atoms with Crippen molar-refractivity contribution in [2.45, 2.75) is 6.92 Å². The van der Waals surface area contributed by atoms with Gasteiger partial charge < -0.3 is 5.73 Å². The Morgan fingerprint density at radius 2 is 2.18 bits per heavy atom. The van der Waals surface area contributed by atoms with Gasteiger partial charge in [-0.1, -0.05) is 17.7 Å². The average Bonchev–Trinajstić information content (AvgIpc) is 2.60. The molecule has 0 aliphatic heterocycles. The van der Waals surface area contributed by atoms with Crippen LogP contribution in [0.25, 0.3) is 10.4 Å². The van der Waals surface area contributed by atoms with Crippen LogP contribution in [-0.4, -0.2) is 0 Å². The van der Waals surface area contributed by atoms with Gasteiger partial charge in [-0.2, -0.15) is 5.26 Å². The Hall–Kier alpha value is -1.57. The molecule has 0 radical (unpaired) electrons. The molecule has 1 aromatic heterocycles. The van der Waals surface area contributed by atoms with Gasteiger partial charge >= 0.3 is 0 Å². The van der Waals surface area contributed by atoms with Crippen molar-refractivity contribution in [3.8, 4) is 16.5 Å². The Balaban J connectivity index is 2.61. The Bertz CT molecular complexity index is 628. The second kappa shape index (κ2) is 4.36. The van der Waals surface area contributed by atoms with E-state index < -0.39 is 5.82 Å². The van der Waals surface area contributed by atoms with Crippen LogP contribution in [0.1, 0.15) is 10.4 Å². The fraction of sp³-hybridized carbons (Fsp3) is 0.0833. The fourth-order valence-electron chi connectivity index (χ4n) is 1.52. The van der Waals surface area contributed by atoms with Gasteiger partial charge in [0.2, 0.25) is 0 Å². The van der Waals surface area contributed by atoms with Crippen molar-refractivity contribution in [1.29, 1.82) is 5.26 Å². The molecule has 0 aliphatic rings. The SMILES string of the molecule is Cc1c(-c2ccc(Cl)c(F)c2)sc(C#N)c1N. The zero-order valence-corrected chi connectivity index (χ0v) is 10.5. The molecular weight excluding hydrogens is 259 g/mol. The molecule has 0 bridgehead atoms. The van der Waals surface area contributed by atoms with Crippen molar-refractivity contribution in [3.63, 3.8) is 0 Å². The van der Waals surface area contributed by atoms with Crippen LogP contribution in [0.15, 0.2) is 18.2 Å². The maximum absolute atomic E-state index is 13.4. The lowest BCUT2D eigenvalue weighted by molar-refractivity contribution is 0.629. The van der Waals surface area contributed by atoms with Gasteiger partial charge in [0.25, 0.3) is 0 Å². The summed E-state index contributed by atoms with van der Waals surface area (Å²) in [5, 5.41) is 8.97. The first-order valence-electron chi connectivity index (χ1n) is 4.79. The number of halogens is 2. The number of rotatable bonds is 1. The standard InChI is InChI=1S/C12H8ClFN2S/c1-6-11(16)10(5-15)17-12(6)7-2-3-8(13)9(14)4-7/h2-4H,16H2,1H3. The summed E-state index contributed by atoms with van der Waals surface area (Å²) in [7, 11) is 0. The predicted molar refractivity (Wildman–Crippen MR) is 68.6 cm³/mol. The lowest BCUT2D eigenvalue weighted by atomic mass is 10.1. The summed E-state index contributed by atoms with van der Waals surface area (Å²) < 4.78 is 13.4. The highest BCUT2D eigenvalue weighted by Crippen LogP contribution is 2.38. The third kappa shape index (κ3) is 1.99. The van der Waals surface area contributed by atoms with E-state index in [2.05, 4.69) is 0 Å². The van der Waals surface area contributed by atoms with Gasteiger partial charge in [0.1, 0.15) is 16.8 Å². The van der Waals surface area contributed by atoms with E-state index in [1.54, 1.807) is 6.07 Å². The van der Waals surface area contributed by atoms with Gasteiger partial charge in [-0.15, -0.1) is 11.3 Å². The number of thiophene rings is 1. The van der Waals surface area contributed by atoms with E-state index in [0.717, 1.165) is 10.4 Å². The molecule has 0 saturated heterocycles. The van der Waals surface area contributed by atoms with E-state index in [0.29, 0.717) is 16.1 Å². The summed E-state index contributed by atoms with van der Waals surface area (Å²) in [6.45, 7) is 1.81. The van der Waals surface area contributed by atoms with Gasteiger partial charge in [0, 0.05) is 4.88 Å². The highest BCUT2D eigenvalue weighted by Gasteiger charge is 2.14. The van der Waals surface area contributed by atoms with Gasteiger partial charge in [-0.05, 0) is 30.2 Å². The Morgan fingerprint density at radius 1 is 1.47 bits per heavy atom. The third-order valence-electron chi connectivity index (χ3n) is 2.48. The zero-order valence-electron chi connectivity index (χ0n) is 8.92. The fourth-order valence-corrected chi connectivity index (χ4v) is 2.66. The van der Waals surface area contributed by atoms with Crippen molar-refractivity contribution in [2.75, 3.05) is 5.73 Å². The van der Waals surface area contributed by atoms with Crippen molar-refractivity contribution >= 4 is 28.6 Å². The lowest BCUT2D eigenvalue weighted by Gasteiger charge is -2.01. The molecule has 2 aromatic rings. The van der Waals surface area contributed by atoms with Crippen LogP contribution in [0.3, 0.4) is 0 Å². The van der Waals surface area contributed by atoms with Crippen molar-refractivity contribution in [3.05, 3.63) is 39.5 Å². The van der Waals surface area contributed by atoms with E-state index in [1.165, 1.54) is 23.5 Å². The Kier molecular flexibility index (Phi) is 3.05. The largest absolute Gasteiger partial charge is 0.397 e. The monoisotopic (exact) mass is 266 g/mol. The molecule has 2 N–H and O–H groups in total. The van der Waals surface area contributed by atoms with Crippen LogP contribution >= 0.6 is 22.9 Å². The number of nitrogens with two attached hydrogens (primary N) is 1. The summed E-state index contributed by atoms with van der Waals surface area (Å²) in [6.07, 6.45) is 0. The summed E-state index contributed by atoms with van der Waals surface area (Å²) in [4.78, 5) is 1.25. The summed E-state index contributed by atoms with van der Waals surface area (Å²) in [5.74, 6) is -0.478. The van der Waals surface area contributed by atoms with Crippen molar-refractivity contribution in [1.82, 2.24) is 0 Å². The number of nitrogen functional groups attached to an aromatic ring is 1. The third-order valence-corrected chi connectivity index (χ3v) is 4.04. The molecular formula is C12H8ClFN2S. The zero-order chi connectivity index (χ0) is 12.6. The first-order chi connectivity index (χ1) is 8.04. The van der Waals surface area contributed by atoms with Crippen LogP contribution in [0.4, 0.5) is 10.1 Å². The van der Waals surface area contributed by atoms with Crippen LogP contribution in [0, 0.1) is 24.1 Å². The van der Waals surface area contributed by atoms with E-state index in [4.69, 9.17) is 22.6 Å². The summed E-state index contributed by atoms with van der Waals surface area (Å²) >= 11 is 6.88. The molecule has 1 heterocycles. The normalized spacial score (nSPS) is 10.2. The second-order valence-corrected chi connectivity index (χ2v) is 4.97. The molecule has 0 spiro atoms. The number of hydrogen-bond donors (Lipinski definition) is 1. The summed E-state index contributed by atoms with van der Waals surface area (Å²) in [5.41, 5.74) is 7.73. The van der Waals surface area contributed by atoms with Crippen molar-refractivity contribution < 1.29 is 4.39 Å². The summed E-state index contributed by atoms with van der Waals surface area (Å²) in [6, 6.07) is 6.58. The minimum Gasteiger partial charge on any atom is -0.397 e. The molecule has 0 atom stereocenters. The highest BCUT2D eigenvalue weighted by atomic mass is 35.5. The minimum absolute atomic E-state index is 0.0800. The van der Waals surface area contributed by atoms with Crippen LogP contribution in [0.2, 0.25) is 5.02 Å². The number of anilines is 1. The highest BCUT2D eigenvalue weighted by molar-refractivity contribution is 7.16. The van der Waals surface area contributed by atoms with E-state index in [1.807, 2.05) is 13.0 Å². The number of nitriles is 1. The maximum Gasteiger partial charge on any atom is 0.142 e. The minimum atomic E-state index is -0.478. The van der Waals surface area contributed by atoms with Crippen LogP contribution in [0.5, 0.6) is 0 Å². The van der Waals surface area contributed by atoms with Gasteiger partial charge in [-0.25, -0.2) is 4.39 Å². The number of benzene rings is 1. The van der Waals surface area contributed by atoms with Gasteiger partial charge in [-0.3, -0.25) is 0 Å². The van der Waals surface area contributed by atoms with Crippen molar-refractivity contribution in [2.24, 2.45) is 0 Å². The molecule has 2 rings (SSSR count). The molecule has 0 fully saturated rings. The molecule has 17 heavy (non-hydrogen) atoms. The molecule has 86 valence electrons. The molecule has 0 unspecified atom stereocenters. The second-order valence-electron chi connectivity index (χ2n) is 3.54. The van der Waals surface area contributed by atoms with E-state index in [9.17, 15) is 4.39 Å². The molecule has 0 amide bonds. The quantitative estimate of drug-likeness (QED) is 0.849. The lowest BCUT2D eigenvalue weighted by Crippen LogP contribution is -1.87. The topological polar surface area (TPSA) is 49.8 Å². The van der Waals surface area contributed by atoms with Gasteiger partial charge in [0.15, 0.2) is 0 Å². The Labute approximate surface area is 107 Å². The molecule has 0 aliphatic carbocycles. The number of hydrogen-bond acceptors (Lipinski definition) is 3.